The molecular formula is C30H35ClN2O3. The summed E-state index contributed by atoms with van der Waals surface area (Å²) in [5.41, 5.74) is 3.05. The average Bonchev–Trinajstić information content (AvgIpc) is 2.88. The largest absolute Gasteiger partial charge is 0.494 e. The van der Waals surface area contributed by atoms with Gasteiger partial charge in [-0.25, -0.2) is 0 Å². The van der Waals surface area contributed by atoms with Crippen molar-refractivity contribution in [3.05, 3.63) is 101 Å². The van der Waals surface area contributed by atoms with Crippen molar-refractivity contribution in [1.82, 2.24) is 10.2 Å². The Morgan fingerprint density at radius 2 is 1.69 bits per heavy atom. The van der Waals surface area contributed by atoms with Crippen LogP contribution in [0.5, 0.6) is 5.75 Å². The number of carbonyl (C=O) groups excluding carboxylic acids is 2. The highest BCUT2D eigenvalue weighted by atomic mass is 35.5. The highest BCUT2D eigenvalue weighted by molar-refractivity contribution is 6.30. The lowest BCUT2D eigenvalue weighted by molar-refractivity contribution is -0.141. The monoisotopic (exact) mass is 506 g/mol. The first-order chi connectivity index (χ1) is 17.5. The van der Waals surface area contributed by atoms with E-state index in [9.17, 15) is 9.59 Å². The van der Waals surface area contributed by atoms with Gasteiger partial charge >= 0.3 is 0 Å². The minimum atomic E-state index is -0.636. The van der Waals surface area contributed by atoms with E-state index >= 15 is 0 Å². The van der Waals surface area contributed by atoms with Crippen molar-refractivity contribution in [1.29, 1.82) is 0 Å². The molecule has 0 saturated heterocycles. The number of carbonyl (C=O) groups is 2. The number of amides is 2. The van der Waals surface area contributed by atoms with Gasteiger partial charge < -0.3 is 15.0 Å². The van der Waals surface area contributed by atoms with Gasteiger partial charge in [0.05, 0.1) is 6.61 Å². The van der Waals surface area contributed by atoms with Gasteiger partial charge in [-0.1, -0.05) is 78.7 Å². The lowest BCUT2D eigenvalue weighted by Gasteiger charge is -2.31. The average molecular weight is 507 g/mol. The molecule has 0 fully saturated rings. The second kappa shape index (κ2) is 14.3. The third-order valence-corrected chi connectivity index (χ3v) is 6.12. The van der Waals surface area contributed by atoms with Crippen LogP contribution in [0.2, 0.25) is 5.02 Å². The number of aryl methyl sites for hydroxylation is 1. The van der Waals surface area contributed by atoms with Crippen molar-refractivity contribution in [2.24, 2.45) is 0 Å². The number of nitrogens with one attached hydrogen (secondary N) is 1. The Balaban J connectivity index is 1.77. The van der Waals surface area contributed by atoms with Gasteiger partial charge in [0.25, 0.3) is 0 Å². The van der Waals surface area contributed by atoms with E-state index in [4.69, 9.17) is 16.3 Å². The second-order valence-electron chi connectivity index (χ2n) is 8.91. The van der Waals surface area contributed by atoms with Gasteiger partial charge in [0.1, 0.15) is 11.8 Å². The Hall–Kier alpha value is -3.31. The molecule has 6 heteroatoms. The van der Waals surface area contributed by atoms with Crippen molar-refractivity contribution in [3.63, 3.8) is 0 Å². The maximum atomic E-state index is 13.6. The van der Waals surface area contributed by atoms with E-state index < -0.39 is 6.04 Å². The molecule has 0 aliphatic heterocycles. The van der Waals surface area contributed by atoms with Gasteiger partial charge in [0.2, 0.25) is 11.8 Å². The van der Waals surface area contributed by atoms with Crippen molar-refractivity contribution < 1.29 is 14.3 Å². The van der Waals surface area contributed by atoms with Crippen molar-refractivity contribution in [2.75, 3.05) is 13.2 Å². The summed E-state index contributed by atoms with van der Waals surface area (Å²) in [7, 11) is 0. The molecule has 3 rings (SSSR count). The molecule has 0 unspecified atom stereocenters. The van der Waals surface area contributed by atoms with E-state index in [1.807, 2.05) is 86.6 Å². The number of hydrogen-bond acceptors (Lipinski definition) is 3. The van der Waals surface area contributed by atoms with Gasteiger partial charge in [-0.05, 0) is 55.2 Å². The van der Waals surface area contributed by atoms with Gasteiger partial charge in [-0.3, -0.25) is 9.59 Å². The fourth-order valence-electron chi connectivity index (χ4n) is 3.94. The molecule has 0 bridgehead atoms. The predicted octanol–water partition coefficient (Wildman–Crippen LogP) is 5.97. The van der Waals surface area contributed by atoms with E-state index in [0.29, 0.717) is 37.6 Å². The topological polar surface area (TPSA) is 58.6 Å². The molecule has 0 aliphatic rings. The van der Waals surface area contributed by atoms with Gasteiger partial charge in [-0.15, -0.1) is 0 Å². The summed E-state index contributed by atoms with van der Waals surface area (Å²) in [6.07, 6.45) is 2.08. The summed E-state index contributed by atoms with van der Waals surface area (Å²) < 4.78 is 5.81. The van der Waals surface area contributed by atoms with Gasteiger partial charge in [-0.2, -0.15) is 0 Å². The van der Waals surface area contributed by atoms with Crippen LogP contribution < -0.4 is 10.1 Å². The van der Waals surface area contributed by atoms with Crippen LogP contribution in [0.4, 0.5) is 0 Å². The molecule has 0 aromatic heterocycles. The number of ether oxygens (including phenoxy) is 1. The third-order valence-electron chi connectivity index (χ3n) is 5.89. The van der Waals surface area contributed by atoms with Crippen molar-refractivity contribution in [3.8, 4) is 5.75 Å². The predicted molar refractivity (Wildman–Crippen MR) is 145 cm³/mol. The van der Waals surface area contributed by atoms with E-state index in [1.54, 1.807) is 11.0 Å². The molecule has 1 atom stereocenters. The SMILES string of the molecule is CCCNC(=O)[C@H](Cc1ccccc1)N(Cc1cccc(Cl)c1)C(=O)CCCOc1ccc(C)cc1. The van der Waals surface area contributed by atoms with Crippen LogP contribution in [-0.4, -0.2) is 35.9 Å². The standard InChI is InChI=1S/C30H35ClN2O3/c1-3-18-32-30(35)28(21-24-9-5-4-6-10-24)33(22-25-11-7-12-26(31)20-25)29(34)13-8-19-36-27-16-14-23(2)15-17-27/h4-7,9-12,14-17,20,28H,3,8,13,18-19,21-22H2,1-2H3,(H,32,35)/t28-/m0/s1. The Labute approximate surface area is 219 Å². The molecule has 3 aromatic carbocycles. The van der Waals surface area contributed by atoms with Crippen LogP contribution in [0.25, 0.3) is 0 Å². The molecule has 36 heavy (non-hydrogen) atoms. The third kappa shape index (κ3) is 8.72. The Morgan fingerprint density at radius 3 is 2.39 bits per heavy atom. The molecule has 1 N–H and O–H groups in total. The van der Waals surface area contributed by atoms with Crippen LogP contribution in [-0.2, 0) is 22.6 Å². The van der Waals surface area contributed by atoms with Crippen LogP contribution in [0.3, 0.4) is 0 Å². The van der Waals surface area contributed by atoms with Crippen molar-refractivity contribution >= 4 is 23.4 Å². The molecule has 0 saturated carbocycles. The van der Waals surface area contributed by atoms with Crippen LogP contribution in [0, 0.1) is 6.92 Å². The number of hydrogen-bond donors (Lipinski definition) is 1. The Bertz CT molecular complexity index is 1100. The lowest BCUT2D eigenvalue weighted by atomic mass is 10.0. The fourth-order valence-corrected chi connectivity index (χ4v) is 4.16. The molecule has 0 heterocycles. The fraction of sp³-hybridized carbons (Fsp3) is 0.333. The van der Waals surface area contributed by atoms with Crippen LogP contribution in [0.15, 0.2) is 78.9 Å². The summed E-state index contributed by atoms with van der Waals surface area (Å²) >= 11 is 6.22. The zero-order valence-electron chi connectivity index (χ0n) is 21.1. The summed E-state index contributed by atoms with van der Waals surface area (Å²) in [4.78, 5) is 28.5. The Morgan fingerprint density at radius 1 is 0.972 bits per heavy atom. The molecule has 0 radical (unpaired) electrons. The summed E-state index contributed by atoms with van der Waals surface area (Å²) in [6, 6.07) is 24.4. The summed E-state index contributed by atoms with van der Waals surface area (Å²) in [6.45, 7) is 5.32. The first-order valence-corrected chi connectivity index (χ1v) is 12.9. The first-order valence-electron chi connectivity index (χ1n) is 12.5. The minimum absolute atomic E-state index is 0.0879. The number of nitrogens with zero attached hydrogens (tertiary/aromatic N) is 1. The van der Waals surface area contributed by atoms with E-state index in [2.05, 4.69) is 5.32 Å². The minimum Gasteiger partial charge on any atom is -0.494 e. The normalized spacial score (nSPS) is 11.5. The van der Waals surface area contributed by atoms with E-state index in [1.165, 1.54) is 5.56 Å². The highest BCUT2D eigenvalue weighted by Crippen LogP contribution is 2.19. The van der Waals surface area contributed by atoms with Crippen LogP contribution in [0.1, 0.15) is 42.9 Å². The molecule has 2 amide bonds. The second-order valence-corrected chi connectivity index (χ2v) is 9.35. The van der Waals surface area contributed by atoms with Gasteiger partial charge in [0, 0.05) is 31.0 Å². The smallest absolute Gasteiger partial charge is 0.243 e. The van der Waals surface area contributed by atoms with Gasteiger partial charge in [0.15, 0.2) is 0 Å². The molecule has 0 spiro atoms. The zero-order valence-corrected chi connectivity index (χ0v) is 21.8. The highest BCUT2D eigenvalue weighted by Gasteiger charge is 2.30. The molecule has 190 valence electrons. The first kappa shape index (κ1) is 27.3. The maximum absolute atomic E-state index is 13.6. The summed E-state index contributed by atoms with van der Waals surface area (Å²) in [5.74, 6) is 0.548. The molecule has 3 aromatic rings. The van der Waals surface area contributed by atoms with Crippen LogP contribution >= 0.6 is 11.6 Å². The Kier molecular flexibility index (Phi) is 10.8. The number of halogens is 1. The van der Waals surface area contributed by atoms with Crippen molar-refractivity contribution in [2.45, 2.75) is 52.1 Å². The maximum Gasteiger partial charge on any atom is 0.243 e. The molecule has 0 aliphatic carbocycles. The zero-order chi connectivity index (χ0) is 25.8. The lowest BCUT2D eigenvalue weighted by Crippen LogP contribution is -2.50. The van der Waals surface area contributed by atoms with E-state index in [0.717, 1.165) is 23.3 Å². The number of rotatable bonds is 13. The quantitative estimate of drug-likeness (QED) is 0.290. The summed E-state index contributed by atoms with van der Waals surface area (Å²) in [5, 5.41) is 3.59. The number of benzene rings is 3. The molecule has 5 nitrogen and oxygen atoms in total. The molecular weight excluding hydrogens is 472 g/mol. The van der Waals surface area contributed by atoms with E-state index in [-0.39, 0.29) is 18.2 Å².